The molecule has 0 fully saturated rings. The van der Waals surface area contributed by atoms with Crippen molar-refractivity contribution in [1.82, 2.24) is 9.78 Å². The molecule has 1 amide bonds. The molecule has 0 aliphatic heterocycles. The summed E-state index contributed by atoms with van der Waals surface area (Å²) in [6, 6.07) is 8.27. The summed E-state index contributed by atoms with van der Waals surface area (Å²) in [5.74, 6) is -0.708. The molecule has 2 rings (SSSR count). The van der Waals surface area contributed by atoms with E-state index < -0.39 is 11.9 Å². The molecule has 2 aromatic rings. The Labute approximate surface area is 115 Å². The quantitative estimate of drug-likeness (QED) is 0.762. The molecule has 20 heavy (non-hydrogen) atoms. The lowest BCUT2D eigenvalue weighted by Gasteiger charge is -2.08. The van der Waals surface area contributed by atoms with Crippen LogP contribution in [-0.4, -0.2) is 21.7 Å². The maximum absolute atomic E-state index is 11.6. The lowest BCUT2D eigenvalue weighted by molar-refractivity contribution is -0.145. The number of nitrogens with two attached hydrogens (primary N) is 2. The number of aromatic nitrogens is 2. The Bertz CT molecular complexity index is 636. The van der Waals surface area contributed by atoms with E-state index in [0.29, 0.717) is 16.9 Å². The van der Waals surface area contributed by atoms with E-state index in [4.69, 9.17) is 16.2 Å². The van der Waals surface area contributed by atoms with Gasteiger partial charge in [0.25, 0.3) is 0 Å². The number of nitrogen functional groups attached to an aromatic ring is 1. The number of carbonyl (C=O) groups is 2. The summed E-state index contributed by atoms with van der Waals surface area (Å²) in [7, 11) is 0. The third kappa shape index (κ3) is 3.35. The fourth-order valence-corrected chi connectivity index (χ4v) is 1.69. The highest BCUT2D eigenvalue weighted by molar-refractivity contribution is 5.94. The third-order valence-corrected chi connectivity index (χ3v) is 2.62. The Balaban J connectivity index is 1.95. The molecule has 1 aromatic heterocycles. The Morgan fingerprint density at radius 2 is 2.00 bits per heavy atom. The van der Waals surface area contributed by atoms with Gasteiger partial charge in [-0.3, -0.25) is 14.3 Å². The van der Waals surface area contributed by atoms with Gasteiger partial charge in [0.2, 0.25) is 5.91 Å². The van der Waals surface area contributed by atoms with E-state index in [0.717, 1.165) is 0 Å². The summed E-state index contributed by atoms with van der Waals surface area (Å²) >= 11 is 0. The third-order valence-electron chi connectivity index (χ3n) is 2.62. The van der Waals surface area contributed by atoms with Crippen LogP contribution in [0.3, 0.4) is 0 Å². The summed E-state index contributed by atoms with van der Waals surface area (Å²) in [4.78, 5) is 22.9. The van der Waals surface area contributed by atoms with Gasteiger partial charge >= 0.3 is 5.97 Å². The van der Waals surface area contributed by atoms with Gasteiger partial charge in [-0.1, -0.05) is 18.2 Å². The van der Waals surface area contributed by atoms with Crippen LogP contribution in [0, 0.1) is 0 Å². The zero-order chi connectivity index (χ0) is 14.5. The average molecular weight is 274 g/mol. The zero-order valence-electron chi connectivity index (χ0n) is 10.7. The van der Waals surface area contributed by atoms with Crippen LogP contribution in [-0.2, 0) is 22.7 Å². The highest BCUT2D eigenvalue weighted by Gasteiger charge is 2.10. The van der Waals surface area contributed by atoms with Crippen molar-refractivity contribution < 1.29 is 14.3 Å². The van der Waals surface area contributed by atoms with Crippen molar-refractivity contribution in [2.24, 2.45) is 5.73 Å². The summed E-state index contributed by atoms with van der Waals surface area (Å²) in [6.45, 7) is -0.0648. The van der Waals surface area contributed by atoms with E-state index >= 15 is 0 Å². The molecule has 0 aliphatic carbocycles. The monoisotopic (exact) mass is 274 g/mol. The van der Waals surface area contributed by atoms with Crippen LogP contribution in [0.5, 0.6) is 0 Å². The molecule has 0 atom stereocenters. The van der Waals surface area contributed by atoms with Crippen LogP contribution in [0.15, 0.2) is 36.5 Å². The molecule has 1 aromatic carbocycles. The second kappa shape index (κ2) is 5.87. The molecule has 0 saturated heterocycles. The van der Waals surface area contributed by atoms with Gasteiger partial charge in [-0.05, 0) is 12.1 Å². The second-order valence-corrected chi connectivity index (χ2v) is 4.12. The van der Waals surface area contributed by atoms with Gasteiger partial charge in [-0.15, -0.1) is 0 Å². The predicted octanol–water partition coefficient (Wildman–Crippen LogP) is 0.308. The number of amides is 1. The van der Waals surface area contributed by atoms with Crippen molar-refractivity contribution in [3.63, 3.8) is 0 Å². The van der Waals surface area contributed by atoms with Crippen molar-refractivity contribution in [3.05, 3.63) is 47.7 Å². The number of ether oxygens (including phenoxy) is 1. The van der Waals surface area contributed by atoms with Crippen molar-refractivity contribution >= 4 is 17.7 Å². The number of anilines is 1. The summed E-state index contributed by atoms with van der Waals surface area (Å²) < 4.78 is 6.46. The van der Waals surface area contributed by atoms with Crippen LogP contribution >= 0.6 is 0 Å². The van der Waals surface area contributed by atoms with Gasteiger partial charge in [-0.25, -0.2) is 0 Å². The first-order valence-electron chi connectivity index (χ1n) is 5.88. The SMILES string of the molecule is NC(=O)c1ccccc1COC(=O)Cn1ccc(N)n1. The van der Waals surface area contributed by atoms with Crippen molar-refractivity contribution in [2.75, 3.05) is 5.73 Å². The topological polar surface area (TPSA) is 113 Å². The maximum atomic E-state index is 11.6. The molecule has 0 bridgehead atoms. The molecule has 104 valence electrons. The summed E-state index contributed by atoms with van der Waals surface area (Å²) in [5, 5.41) is 3.87. The van der Waals surface area contributed by atoms with Gasteiger partial charge in [-0.2, -0.15) is 5.10 Å². The highest BCUT2D eigenvalue weighted by atomic mass is 16.5. The number of primary amides is 1. The van der Waals surface area contributed by atoms with Gasteiger partial charge in [0.1, 0.15) is 19.0 Å². The lowest BCUT2D eigenvalue weighted by atomic mass is 10.1. The van der Waals surface area contributed by atoms with E-state index in [2.05, 4.69) is 5.10 Å². The predicted molar refractivity (Wildman–Crippen MR) is 71.4 cm³/mol. The average Bonchev–Trinajstić information content (AvgIpc) is 2.82. The molecule has 7 nitrogen and oxygen atoms in total. The van der Waals surface area contributed by atoms with Crippen molar-refractivity contribution in [2.45, 2.75) is 13.2 Å². The molecule has 4 N–H and O–H groups in total. The Kier molecular flexibility index (Phi) is 3.99. The van der Waals surface area contributed by atoms with E-state index in [1.54, 1.807) is 36.5 Å². The summed E-state index contributed by atoms with van der Waals surface area (Å²) in [5.41, 5.74) is 11.6. The summed E-state index contributed by atoms with van der Waals surface area (Å²) in [6.07, 6.45) is 1.58. The Hall–Kier alpha value is -2.83. The molecule has 7 heteroatoms. The van der Waals surface area contributed by atoms with Crippen molar-refractivity contribution in [1.29, 1.82) is 0 Å². The molecule has 0 radical (unpaired) electrons. The number of benzene rings is 1. The van der Waals surface area contributed by atoms with Crippen molar-refractivity contribution in [3.8, 4) is 0 Å². The van der Waals surface area contributed by atoms with Gasteiger partial charge in [0, 0.05) is 17.3 Å². The highest BCUT2D eigenvalue weighted by Crippen LogP contribution is 2.09. The molecule has 0 spiro atoms. The van der Waals surface area contributed by atoms with E-state index in [1.807, 2.05) is 0 Å². The standard InChI is InChI=1S/C13H14N4O3/c14-11-5-6-17(16-11)7-12(18)20-8-9-3-1-2-4-10(9)13(15)19/h1-6H,7-8H2,(H2,14,16)(H2,15,19). The smallest absolute Gasteiger partial charge is 0.328 e. The Morgan fingerprint density at radius 3 is 2.65 bits per heavy atom. The minimum absolute atomic E-state index is 0.0191. The Morgan fingerprint density at radius 1 is 1.25 bits per heavy atom. The van der Waals surface area contributed by atoms with E-state index in [1.165, 1.54) is 4.68 Å². The fourth-order valence-electron chi connectivity index (χ4n) is 1.69. The lowest BCUT2D eigenvalue weighted by Crippen LogP contribution is -2.17. The first kappa shape index (κ1) is 13.6. The largest absolute Gasteiger partial charge is 0.459 e. The molecule has 0 saturated carbocycles. The minimum atomic E-state index is -0.559. The van der Waals surface area contributed by atoms with Crippen LogP contribution in [0.25, 0.3) is 0 Å². The number of esters is 1. The number of rotatable bonds is 5. The van der Waals surface area contributed by atoms with Gasteiger partial charge in [0.05, 0.1) is 0 Å². The van der Waals surface area contributed by atoms with Gasteiger partial charge in [0.15, 0.2) is 0 Å². The normalized spacial score (nSPS) is 10.2. The van der Waals surface area contributed by atoms with Crippen LogP contribution < -0.4 is 11.5 Å². The second-order valence-electron chi connectivity index (χ2n) is 4.12. The number of hydrogen-bond donors (Lipinski definition) is 2. The minimum Gasteiger partial charge on any atom is -0.459 e. The molecular weight excluding hydrogens is 260 g/mol. The van der Waals surface area contributed by atoms with Crippen LogP contribution in [0.4, 0.5) is 5.82 Å². The van der Waals surface area contributed by atoms with E-state index in [9.17, 15) is 9.59 Å². The van der Waals surface area contributed by atoms with Crippen LogP contribution in [0.1, 0.15) is 15.9 Å². The first-order valence-corrected chi connectivity index (χ1v) is 5.88. The molecule has 1 heterocycles. The zero-order valence-corrected chi connectivity index (χ0v) is 10.7. The molecule has 0 unspecified atom stereocenters. The first-order chi connectivity index (χ1) is 9.56. The van der Waals surface area contributed by atoms with Crippen LogP contribution in [0.2, 0.25) is 0 Å². The van der Waals surface area contributed by atoms with E-state index in [-0.39, 0.29) is 13.2 Å². The maximum Gasteiger partial charge on any atom is 0.328 e. The molecule has 0 aliphatic rings. The fraction of sp³-hybridized carbons (Fsp3) is 0.154. The number of carbonyl (C=O) groups excluding carboxylic acids is 2. The molecular formula is C13H14N4O3. The van der Waals surface area contributed by atoms with Gasteiger partial charge < -0.3 is 16.2 Å². The number of hydrogen-bond acceptors (Lipinski definition) is 5. The number of nitrogens with zero attached hydrogens (tertiary/aromatic N) is 2.